The maximum Gasteiger partial charge on any atom is 0.471 e. The summed E-state index contributed by atoms with van der Waals surface area (Å²) < 4.78 is 35.0. The van der Waals surface area contributed by atoms with Crippen molar-refractivity contribution in [2.45, 2.75) is 32.0 Å². The van der Waals surface area contributed by atoms with Gasteiger partial charge in [0.05, 0.1) is 0 Å². The average molecular weight is 181 g/mol. The van der Waals surface area contributed by atoms with Crippen molar-refractivity contribution in [2.24, 2.45) is 5.92 Å². The molecular weight excluding hydrogens is 171 g/mol. The van der Waals surface area contributed by atoms with Gasteiger partial charge >= 0.3 is 12.1 Å². The normalized spacial score (nSPS) is 20.3. The summed E-state index contributed by atoms with van der Waals surface area (Å²) in [6.07, 6.45) is -2.91. The van der Waals surface area contributed by atoms with Crippen molar-refractivity contribution in [3.05, 3.63) is 0 Å². The highest BCUT2D eigenvalue weighted by Crippen LogP contribution is 2.32. The van der Waals surface area contributed by atoms with E-state index in [0.29, 0.717) is 0 Å². The van der Waals surface area contributed by atoms with Gasteiger partial charge < -0.3 is 5.32 Å². The first kappa shape index (κ1) is 9.35. The van der Waals surface area contributed by atoms with E-state index in [2.05, 4.69) is 0 Å². The molecule has 0 aliphatic heterocycles. The lowest BCUT2D eigenvalue weighted by Crippen LogP contribution is -2.42. The fourth-order valence-electron chi connectivity index (χ4n) is 1.00. The van der Waals surface area contributed by atoms with Crippen LogP contribution in [0.4, 0.5) is 13.2 Å². The summed E-state index contributed by atoms with van der Waals surface area (Å²) in [5.74, 6) is -1.58. The van der Waals surface area contributed by atoms with Gasteiger partial charge in [-0.1, -0.05) is 0 Å². The van der Waals surface area contributed by atoms with Gasteiger partial charge in [-0.25, -0.2) is 0 Å². The van der Waals surface area contributed by atoms with E-state index >= 15 is 0 Å². The molecule has 0 spiro atoms. The van der Waals surface area contributed by atoms with Gasteiger partial charge in [0, 0.05) is 6.04 Å². The van der Waals surface area contributed by atoms with E-state index in [1.54, 1.807) is 6.92 Å². The van der Waals surface area contributed by atoms with E-state index < -0.39 is 12.1 Å². The lowest BCUT2D eigenvalue weighted by atomic mass is 10.2. The van der Waals surface area contributed by atoms with E-state index in [1.165, 1.54) is 0 Å². The Balaban J connectivity index is 2.34. The van der Waals surface area contributed by atoms with Gasteiger partial charge in [0.2, 0.25) is 0 Å². The number of rotatable bonds is 2. The summed E-state index contributed by atoms with van der Waals surface area (Å²) in [7, 11) is 0. The van der Waals surface area contributed by atoms with Gasteiger partial charge in [0.25, 0.3) is 0 Å². The quantitative estimate of drug-likeness (QED) is 0.686. The number of hydrogen-bond acceptors (Lipinski definition) is 1. The fourth-order valence-corrected chi connectivity index (χ4v) is 1.00. The van der Waals surface area contributed by atoms with Crippen molar-refractivity contribution in [3.8, 4) is 0 Å². The lowest BCUT2D eigenvalue weighted by molar-refractivity contribution is -0.174. The molecule has 1 saturated carbocycles. The zero-order valence-corrected chi connectivity index (χ0v) is 6.61. The molecular formula is C7H10F3NO. The predicted octanol–water partition coefficient (Wildman–Crippen LogP) is 1.46. The first-order valence-corrected chi connectivity index (χ1v) is 3.79. The topological polar surface area (TPSA) is 29.1 Å². The number of carbonyl (C=O) groups excluding carboxylic acids is 1. The van der Waals surface area contributed by atoms with E-state index in [4.69, 9.17) is 0 Å². The van der Waals surface area contributed by atoms with Crippen LogP contribution in [-0.2, 0) is 4.79 Å². The van der Waals surface area contributed by atoms with Crippen LogP contribution in [0, 0.1) is 5.92 Å². The molecule has 70 valence electrons. The number of nitrogens with one attached hydrogen (secondary N) is 1. The number of amides is 1. The van der Waals surface area contributed by atoms with Crippen LogP contribution in [0.15, 0.2) is 0 Å². The molecule has 1 unspecified atom stereocenters. The smallest absolute Gasteiger partial charge is 0.346 e. The molecule has 0 heterocycles. The third kappa shape index (κ3) is 2.39. The van der Waals surface area contributed by atoms with Crippen molar-refractivity contribution in [1.29, 1.82) is 0 Å². The summed E-state index contributed by atoms with van der Waals surface area (Å²) in [5, 5.41) is 1.92. The first-order valence-electron chi connectivity index (χ1n) is 3.79. The lowest BCUT2D eigenvalue weighted by Gasteiger charge is -2.13. The van der Waals surface area contributed by atoms with E-state index in [-0.39, 0.29) is 12.0 Å². The maximum atomic E-state index is 11.7. The van der Waals surface area contributed by atoms with Crippen LogP contribution in [0.25, 0.3) is 0 Å². The Morgan fingerprint density at radius 1 is 1.50 bits per heavy atom. The van der Waals surface area contributed by atoms with Crippen LogP contribution < -0.4 is 5.32 Å². The molecule has 0 aromatic heterocycles. The number of halogens is 3. The van der Waals surface area contributed by atoms with Crippen LogP contribution in [-0.4, -0.2) is 18.1 Å². The highest BCUT2D eigenvalue weighted by atomic mass is 19.4. The second-order valence-electron chi connectivity index (χ2n) is 3.10. The SMILES string of the molecule is CC(NC(=O)C(F)(F)F)C1CC1. The monoisotopic (exact) mass is 181 g/mol. The minimum atomic E-state index is -4.75. The first-order chi connectivity index (χ1) is 5.41. The van der Waals surface area contributed by atoms with E-state index in [0.717, 1.165) is 12.8 Å². The predicted molar refractivity (Wildman–Crippen MR) is 36.4 cm³/mol. The molecule has 0 radical (unpaired) electrons. The Morgan fingerprint density at radius 3 is 2.33 bits per heavy atom. The molecule has 0 saturated heterocycles. The van der Waals surface area contributed by atoms with Gasteiger partial charge in [-0.15, -0.1) is 0 Å². The summed E-state index contributed by atoms with van der Waals surface area (Å²) in [5.41, 5.74) is 0. The van der Waals surface area contributed by atoms with E-state index in [1.807, 2.05) is 5.32 Å². The zero-order chi connectivity index (χ0) is 9.35. The molecule has 1 aliphatic carbocycles. The molecule has 12 heavy (non-hydrogen) atoms. The molecule has 0 aromatic carbocycles. The Kier molecular flexibility index (Phi) is 2.30. The van der Waals surface area contributed by atoms with Crippen LogP contribution >= 0.6 is 0 Å². The number of carbonyl (C=O) groups is 1. The minimum absolute atomic E-state index is 0.247. The Bertz CT molecular complexity index is 186. The third-order valence-electron chi connectivity index (χ3n) is 1.95. The second kappa shape index (κ2) is 2.95. The summed E-state index contributed by atoms with van der Waals surface area (Å²) in [6.45, 7) is 1.60. The maximum absolute atomic E-state index is 11.7. The van der Waals surface area contributed by atoms with Crippen LogP contribution in [0.2, 0.25) is 0 Å². The average Bonchev–Trinajstić information content (AvgIpc) is 2.65. The van der Waals surface area contributed by atoms with Crippen molar-refractivity contribution >= 4 is 5.91 Å². The van der Waals surface area contributed by atoms with E-state index in [9.17, 15) is 18.0 Å². The van der Waals surface area contributed by atoms with Gasteiger partial charge in [0.15, 0.2) is 0 Å². The molecule has 1 rings (SSSR count). The van der Waals surface area contributed by atoms with Gasteiger partial charge in [-0.05, 0) is 25.7 Å². The van der Waals surface area contributed by atoms with Crippen molar-refractivity contribution in [1.82, 2.24) is 5.32 Å². The molecule has 1 aliphatic rings. The Hall–Kier alpha value is -0.740. The Labute approximate surface area is 68.1 Å². The standard InChI is InChI=1S/C7H10F3NO/c1-4(5-2-3-5)11-6(12)7(8,9)10/h4-5H,2-3H2,1H3,(H,11,12). The molecule has 1 atom stereocenters. The van der Waals surface area contributed by atoms with Crippen molar-refractivity contribution < 1.29 is 18.0 Å². The van der Waals surface area contributed by atoms with Crippen LogP contribution in [0.1, 0.15) is 19.8 Å². The van der Waals surface area contributed by atoms with Gasteiger partial charge in [-0.3, -0.25) is 4.79 Å². The largest absolute Gasteiger partial charge is 0.471 e. The molecule has 1 N–H and O–H groups in total. The molecule has 1 amide bonds. The van der Waals surface area contributed by atoms with Crippen LogP contribution in [0.3, 0.4) is 0 Å². The number of hydrogen-bond donors (Lipinski definition) is 1. The summed E-state index contributed by atoms with van der Waals surface area (Å²) >= 11 is 0. The molecule has 0 aromatic rings. The van der Waals surface area contributed by atoms with Gasteiger partial charge in [0.1, 0.15) is 0 Å². The molecule has 2 nitrogen and oxygen atoms in total. The van der Waals surface area contributed by atoms with Crippen molar-refractivity contribution in [2.75, 3.05) is 0 Å². The van der Waals surface area contributed by atoms with Gasteiger partial charge in [-0.2, -0.15) is 13.2 Å². The molecule has 5 heteroatoms. The zero-order valence-electron chi connectivity index (χ0n) is 6.61. The molecule has 1 fully saturated rings. The fraction of sp³-hybridized carbons (Fsp3) is 0.857. The van der Waals surface area contributed by atoms with Crippen LogP contribution in [0.5, 0.6) is 0 Å². The summed E-state index contributed by atoms with van der Waals surface area (Å²) in [4.78, 5) is 10.4. The highest BCUT2D eigenvalue weighted by Gasteiger charge is 2.41. The number of alkyl halides is 3. The van der Waals surface area contributed by atoms with Crippen molar-refractivity contribution in [3.63, 3.8) is 0 Å². The Morgan fingerprint density at radius 2 is 2.00 bits per heavy atom. The summed E-state index contributed by atoms with van der Waals surface area (Å²) in [6, 6.07) is -0.348. The second-order valence-corrected chi connectivity index (χ2v) is 3.10. The molecule has 0 bridgehead atoms. The minimum Gasteiger partial charge on any atom is -0.346 e. The third-order valence-corrected chi connectivity index (χ3v) is 1.95. The highest BCUT2D eigenvalue weighted by molar-refractivity contribution is 5.81.